The third-order valence-corrected chi connectivity index (χ3v) is 7.39. The number of rotatable bonds is 5. The largest absolute Gasteiger partial charge is 0.417 e. The summed E-state index contributed by atoms with van der Waals surface area (Å²) in [4.78, 5) is 16.3. The van der Waals surface area contributed by atoms with E-state index in [-0.39, 0.29) is 39.9 Å². The Hall–Kier alpha value is -3.32. The van der Waals surface area contributed by atoms with Crippen LogP contribution in [0.4, 0.5) is 19.2 Å². The second kappa shape index (κ2) is 9.38. The molecule has 0 aliphatic carbocycles. The average Bonchev–Trinajstić information content (AvgIpc) is 3.26. The number of nitrogens with one attached hydrogen (secondary N) is 1. The summed E-state index contributed by atoms with van der Waals surface area (Å²) in [5.41, 5.74) is -0.775. The predicted molar refractivity (Wildman–Crippen MR) is 119 cm³/mol. The minimum Gasteiger partial charge on any atom is -0.401 e. The summed E-state index contributed by atoms with van der Waals surface area (Å²) in [5, 5.41) is 9.69. The van der Waals surface area contributed by atoms with Gasteiger partial charge in [-0.05, 0) is 54.7 Å². The number of hydrogen-bond acceptors (Lipinski definition) is 7. The third kappa shape index (κ3) is 5.51. The van der Waals surface area contributed by atoms with Gasteiger partial charge in [0.15, 0.2) is 0 Å². The highest BCUT2D eigenvalue weighted by Gasteiger charge is 2.32. The number of aromatic nitrogens is 3. The number of halogens is 3. The minimum absolute atomic E-state index is 0.00177. The Morgan fingerprint density at radius 1 is 1.06 bits per heavy atom. The highest BCUT2D eigenvalue weighted by molar-refractivity contribution is 7.89. The molecule has 1 aromatic carbocycles. The number of carbonyl (C=O) groups excluding carboxylic acids is 1. The van der Waals surface area contributed by atoms with Crippen LogP contribution in [0.15, 0.2) is 51.9 Å². The first-order valence-corrected chi connectivity index (χ1v) is 12.2. The van der Waals surface area contributed by atoms with Crippen LogP contribution in [0, 0.1) is 11.8 Å². The minimum atomic E-state index is -4.53. The average molecular weight is 510 g/mol. The number of alkyl halides is 3. The summed E-state index contributed by atoms with van der Waals surface area (Å²) in [6.45, 7) is 4.93. The lowest BCUT2D eigenvalue weighted by molar-refractivity contribution is -0.137. The summed E-state index contributed by atoms with van der Waals surface area (Å²) in [7, 11) is -3.69. The van der Waals surface area contributed by atoms with E-state index in [9.17, 15) is 26.4 Å². The molecule has 35 heavy (non-hydrogen) atoms. The summed E-state index contributed by atoms with van der Waals surface area (Å²) in [5.74, 6) is -0.295. The number of anilines is 1. The van der Waals surface area contributed by atoms with Gasteiger partial charge >= 0.3 is 12.2 Å². The molecular formula is C22H22F3N5O4S. The molecular weight excluding hydrogens is 487 g/mol. The summed E-state index contributed by atoms with van der Waals surface area (Å²) >= 11 is 0. The van der Waals surface area contributed by atoms with E-state index in [1.165, 1.54) is 28.6 Å². The fraction of sp³-hybridized carbons (Fsp3) is 0.364. The van der Waals surface area contributed by atoms with Gasteiger partial charge in [0.1, 0.15) is 5.69 Å². The number of piperidine rings is 1. The first-order chi connectivity index (χ1) is 16.4. The number of benzene rings is 1. The van der Waals surface area contributed by atoms with Gasteiger partial charge in [-0.25, -0.2) is 8.42 Å². The molecule has 0 bridgehead atoms. The Morgan fingerprint density at radius 2 is 1.71 bits per heavy atom. The van der Waals surface area contributed by atoms with E-state index in [1.807, 2.05) is 13.8 Å². The lowest BCUT2D eigenvalue weighted by Gasteiger charge is -2.34. The second-order valence-electron chi connectivity index (χ2n) is 8.59. The van der Waals surface area contributed by atoms with Crippen molar-refractivity contribution in [3.8, 4) is 11.6 Å². The zero-order valence-corrected chi connectivity index (χ0v) is 19.6. The Balaban J connectivity index is 1.43. The van der Waals surface area contributed by atoms with Crippen molar-refractivity contribution in [2.24, 2.45) is 11.8 Å². The van der Waals surface area contributed by atoms with Crippen LogP contribution in [-0.2, 0) is 16.2 Å². The fourth-order valence-electron chi connectivity index (χ4n) is 3.96. The molecule has 186 valence electrons. The summed E-state index contributed by atoms with van der Waals surface area (Å²) in [6.07, 6.45) is -2.92. The number of amides is 1. The van der Waals surface area contributed by atoms with Crippen molar-refractivity contribution in [2.45, 2.75) is 31.3 Å². The maximum atomic E-state index is 13.0. The van der Waals surface area contributed by atoms with Gasteiger partial charge in [0.2, 0.25) is 10.0 Å². The standard InChI is InChI=1S/C22H22F3N5O4S/c1-13-9-14(2)12-30(11-13)35(32,33)17-6-3-15(4-7-17)19(31)27-21-29-28-20(34-21)18-8-5-16(10-26-18)22(23,24)25/h3-8,10,13-14H,9,11-12H2,1-2H3,(H,27,29,31). The Morgan fingerprint density at radius 3 is 2.29 bits per heavy atom. The van der Waals surface area contributed by atoms with Crippen LogP contribution in [0.25, 0.3) is 11.6 Å². The summed E-state index contributed by atoms with van der Waals surface area (Å²) in [6, 6.07) is 7.07. The quantitative estimate of drug-likeness (QED) is 0.551. The molecule has 1 aliphatic heterocycles. The van der Waals surface area contributed by atoms with Crippen LogP contribution in [0.1, 0.15) is 36.2 Å². The lowest BCUT2D eigenvalue weighted by atomic mass is 9.94. The van der Waals surface area contributed by atoms with Crippen molar-refractivity contribution < 1.29 is 30.8 Å². The van der Waals surface area contributed by atoms with Gasteiger partial charge < -0.3 is 4.42 Å². The monoisotopic (exact) mass is 509 g/mol. The highest BCUT2D eigenvalue weighted by Crippen LogP contribution is 2.30. The first kappa shape index (κ1) is 24.8. The molecule has 2 atom stereocenters. The van der Waals surface area contributed by atoms with Gasteiger partial charge in [0.25, 0.3) is 11.8 Å². The van der Waals surface area contributed by atoms with Crippen molar-refractivity contribution in [1.82, 2.24) is 19.5 Å². The van der Waals surface area contributed by atoms with Crippen LogP contribution >= 0.6 is 0 Å². The number of sulfonamides is 1. The second-order valence-corrected chi connectivity index (χ2v) is 10.5. The molecule has 0 spiro atoms. The predicted octanol–water partition coefficient (Wildman–Crippen LogP) is 4.07. The molecule has 0 radical (unpaired) electrons. The molecule has 9 nitrogen and oxygen atoms in total. The summed E-state index contributed by atoms with van der Waals surface area (Å²) < 4.78 is 70.7. The maximum absolute atomic E-state index is 13.0. The first-order valence-electron chi connectivity index (χ1n) is 10.7. The number of carbonyl (C=O) groups is 1. The molecule has 1 fully saturated rings. The van der Waals surface area contributed by atoms with E-state index < -0.39 is 27.7 Å². The van der Waals surface area contributed by atoms with E-state index in [4.69, 9.17) is 4.42 Å². The van der Waals surface area contributed by atoms with Gasteiger partial charge in [-0.15, -0.1) is 5.10 Å². The lowest BCUT2D eigenvalue weighted by Crippen LogP contribution is -2.42. The Kier molecular flexibility index (Phi) is 6.64. The van der Waals surface area contributed by atoms with E-state index in [0.29, 0.717) is 19.3 Å². The molecule has 4 rings (SSSR count). The van der Waals surface area contributed by atoms with E-state index in [1.54, 1.807) is 0 Å². The Labute approximate surface area is 199 Å². The van der Waals surface area contributed by atoms with Crippen LogP contribution < -0.4 is 5.32 Å². The SMILES string of the molecule is CC1CC(C)CN(S(=O)(=O)c2ccc(C(=O)Nc3nnc(-c4ccc(C(F)(F)F)cn4)o3)cc2)C1. The van der Waals surface area contributed by atoms with Gasteiger partial charge in [0.05, 0.1) is 10.5 Å². The van der Waals surface area contributed by atoms with Gasteiger partial charge in [-0.2, -0.15) is 17.5 Å². The van der Waals surface area contributed by atoms with Crippen molar-refractivity contribution >= 4 is 21.9 Å². The molecule has 1 saturated heterocycles. The topological polar surface area (TPSA) is 118 Å². The maximum Gasteiger partial charge on any atom is 0.417 e. The zero-order chi connectivity index (χ0) is 25.4. The zero-order valence-electron chi connectivity index (χ0n) is 18.8. The molecule has 1 N–H and O–H groups in total. The van der Waals surface area contributed by atoms with Gasteiger partial charge in [-0.1, -0.05) is 18.9 Å². The van der Waals surface area contributed by atoms with Gasteiger partial charge in [-0.3, -0.25) is 15.1 Å². The number of nitrogens with zero attached hydrogens (tertiary/aromatic N) is 4. The Bertz CT molecular complexity index is 1300. The molecule has 1 aliphatic rings. The molecule has 2 aromatic heterocycles. The van der Waals surface area contributed by atoms with E-state index in [2.05, 4.69) is 20.5 Å². The normalized spacial score (nSPS) is 19.5. The van der Waals surface area contributed by atoms with Crippen molar-refractivity contribution in [3.05, 3.63) is 53.7 Å². The van der Waals surface area contributed by atoms with Crippen LogP contribution in [0.5, 0.6) is 0 Å². The molecule has 13 heteroatoms. The number of hydrogen-bond donors (Lipinski definition) is 1. The van der Waals surface area contributed by atoms with Crippen LogP contribution in [0.3, 0.4) is 0 Å². The molecule has 3 heterocycles. The molecule has 3 aromatic rings. The van der Waals surface area contributed by atoms with Crippen molar-refractivity contribution in [2.75, 3.05) is 18.4 Å². The van der Waals surface area contributed by atoms with Crippen LogP contribution in [-0.4, -0.2) is 46.9 Å². The van der Waals surface area contributed by atoms with Crippen molar-refractivity contribution in [1.29, 1.82) is 0 Å². The van der Waals surface area contributed by atoms with E-state index >= 15 is 0 Å². The fourth-order valence-corrected chi connectivity index (χ4v) is 5.64. The van der Waals surface area contributed by atoms with Gasteiger partial charge in [0, 0.05) is 24.8 Å². The van der Waals surface area contributed by atoms with Crippen LogP contribution in [0.2, 0.25) is 0 Å². The smallest absolute Gasteiger partial charge is 0.401 e. The van der Waals surface area contributed by atoms with E-state index in [0.717, 1.165) is 18.6 Å². The molecule has 1 amide bonds. The molecule has 2 unspecified atom stereocenters. The molecule has 0 saturated carbocycles. The third-order valence-electron chi connectivity index (χ3n) is 5.55. The highest BCUT2D eigenvalue weighted by atomic mass is 32.2. The van der Waals surface area contributed by atoms with Crippen molar-refractivity contribution in [3.63, 3.8) is 0 Å². The number of pyridine rings is 1.